The van der Waals surface area contributed by atoms with Gasteiger partial charge in [0.15, 0.2) is 24.0 Å². The minimum absolute atomic E-state index is 0.000916. The fraction of sp³-hybridized carbons (Fsp3) is 0.291. The Morgan fingerprint density at radius 2 is 1.69 bits per heavy atom. The maximum absolute atomic E-state index is 14.8. The molecule has 4 bridgehead atoms. The summed E-state index contributed by atoms with van der Waals surface area (Å²) in [5.41, 5.74) is 5.96. The molecule has 1 atom stereocenters. The van der Waals surface area contributed by atoms with Crippen molar-refractivity contribution in [3.05, 3.63) is 158 Å². The minimum atomic E-state index is -1.43. The summed E-state index contributed by atoms with van der Waals surface area (Å²) < 4.78 is 49.5. The Bertz CT molecular complexity index is 3430. The molecule has 0 unspecified atom stereocenters. The number of hydrogen-bond donors (Lipinski definition) is 0. The van der Waals surface area contributed by atoms with Crippen molar-refractivity contribution in [1.29, 1.82) is 0 Å². The first-order chi connectivity index (χ1) is 35.9. The summed E-state index contributed by atoms with van der Waals surface area (Å²) in [6.07, 6.45) is 1.43. The van der Waals surface area contributed by atoms with Crippen molar-refractivity contribution >= 4 is 45.0 Å². The number of aryl methyl sites for hydroxylation is 1. The number of fused-ring (bicyclic) bond motifs is 7. The van der Waals surface area contributed by atoms with Gasteiger partial charge in [-0.15, -0.1) is 11.3 Å². The lowest BCUT2D eigenvalue weighted by Crippen LogP contribution is -2.47. The molecular weight excluding hydrogens is 989 g/mol. The van der Waals surface area contributed by atoms with Crippen molar-refractivity contribution < 1.29 is 41.8 Å². The Kier molecular flexibility index (Phi) is 14.8. The zero-order chi connectivity index (χ0) is 51.5. The quantitative estimate of drug-likeness (QED) is 0.106. The first kappa shape index (κ1) is 50.0. The van der Waals surface area contributed by atoms with Crippen LogP contribution < -0.4 is 20.0 Å². The van der Waals surface area contributed by atoms with Gasteiger partial charge in [-0.05, 0) is 90.7 Å². The Morgan fingerprint density at radius 1 is 0.878 bits per heavy atom. The molecular formula is C55H51ClFN7O9S. The fourth-order valence-corrected chi connectivity index (χ4v) is 10.6. The number of para-hydroxylation sites is 1. The van der Waals surface area contributed by atoms with Crippen molar-refractivity contribution in [3.8, 4) is 50.3 Å². The SMILES string of the molecule is COc1ccccc1-c1nccc(COc2ccc3cc2C[C@@H](C(=O)OCc2oc(=O)oc2C)Oc2ncnc4sc(-c5ccc(F)cc5)c(c24)-c2ccc(c(Cl)c2C)CN(CCN2CCN(C)CC2)C(=O)C3)n1. The number of carbonyl (C=O) groups is 2. The van der Waals surface area contributed by atoms with E-state index in [0.29, 0.717) is 84.7 Å². The number of likely N-dealkylation sites (N-methyl/N-ethyl adjacent to an activating group) is 1. The van der Waals surface area contributed by atoms with Gasteiger partial charge in [0.05, 0.1) is 30.2 Å². The maximum Gasteiger partial charge on any atom is 0.519 e. The number of hydrogen-bond acceptors (Lipinski definition) is 16. The van der Waals surface area contributed by atoms with Crippen LogP contribution in [0.4, 0.5) is 4.39 Å². The van der Waals surface area contributed by atoms with Crippen LogP contribution in [0.15, 0.2) is 111 Å². The van der Waals surface area contributed by atoms with Crippen molar-refractivity contribution in [2.24, 2.45) is 0 Å². The summed E-state index contributed by atoms with van der Waals surface area (Å²) >= 11 is 8.74. The molecule has 1 fully saturated rings. The number of carbonyl (C=O) groups excluding carboxylic acids is 2. The number of thiophene rings is 1. The van der Waals surface area contributed by atoms with Crippen LogP contribution in [0.25, 0.3) is 43.2 Å². The second kappa shape index (κ2) is 21.9. The van der Waals surface area contributed by atoms with Gasteiger partial charge in [-0.1, -0.05) is 60.1 Å². The van der Waals surface area contributed by atoms with E-state index in [1.54, 1.807) is 37.6 Å². The van der Waals surface area contributed by atoms with Gasteiger partial charge in [0.1, 0.15) is 35.1 Å². The van der Waals surface area contributed by atoms with Gasteiger partial charge in [0.2, 0.25) is 17.9 Å². The average Bonchev–Trinajstić information content (AvgIpc) is 3.96. The van der Waals surface area contributed by atoms with Gasteiger partial charge in [-0.25, -0.2) is 33.9 Å². The van der Waals surface area contributed by atoms with Crippen molar-refractivity contribution in [3.63, 3.8) is 0 Å². The van der Waals surface area contributed by atoms with E-state index >= 15 is 0 Å². The highest BCUT2D eigenvalue weighted by molar-refractivity contribution is 7.22. The Morgan fingerprint density at radius 3 is 2.47 bits per heavy atom. The minimum Gasteiger partial charge on any atom is -0.496 e. The summed E-state index contributed by atoms with van der Waals surface area (Å²) in [7, 11) is 3.69. The molecule has 4 aromatic heterocycles. The number of benzene rings is 4. The van der Waals surface area contributed by atoms with Gasteiger partial charge in [0, 0.05) is 73.9 Å². The highest BCUT2D eigenvalue weighted by Gasteiger charge is 2.31. The third-order valence-electron chi connectivity index (χ3n) is 13.3. The first-order valence-electron chi connectivity index (χ1n) is 24.0. The molecule has 1 amide bonds. The van der Waals surface area contributed by atoms with Crippen molar-refractivity contribution in [1.82, 2.24) is 34.6 Å². The van der Waals surface area contributed by atoms with E-state index in [1.165, 1.54) is 36.7 Å². The summed E-state index contributed by atoms with van der Waals surface area (Å²) in [6, 6.07) is 24.7. The molecule has 7 heterocycles. The summed E-state index contributed by atoms with van der Waals surface area (Å²) in [5.74, 6) is -0.649. The molecule has 4 aromatic carbocycles. The van der Waals surface area contributed by atoms with Gasteiger partial charge in [-0.3, -0.25) is 9.69 Å². The van der Waals surface area contributed by atoms with Crippen LogP contribution in [0.3, 0.4) is 0 Å². The number of esters is 1. The largest absolute Gasteiger partial charge is 0.519 e. The Labute approximate surface area is 434 Å². The summed E-state index contributed by atoms with van der Waals surface area (Å²) in [5, 5.41) is 0.949. The second-order valence-corrected chi connectivity index (χ2v) is 19.6. The molecule has 19 heteroatoms. The summed E-state index contributed by atoms with van der Waals surface area (Å²) in [4.78, 5) is 67.9. The number of methoxy groups -OCH3 is 1. The zero-order valence-electron chi connectivity index (χ0n) is 41.1. The zero-order valence-corrected chi connectivity index (χ0v) is 42.6. The number of piperazine rings is 1. The van der Waals surface area contributed by atoms with Crippen molar-refractivity contribution in [2.75, 3.05) is 53.4 Å². The highest BCUT2D eigenvalue weighted by Crippen LogP contribution is 2.49. The molecule has 11 rings (SSSR count). The van der Waals surface area contributed by atoms with Gasteiger partial charge in [0.25, 0.3) is 0 Å². The van der Waals surface area contributed by atoms with E-state index in [-0.39, 0.29) is 49.3 Å². The number of amides is 1. The van der Waals surface area contributed by atoms with Gasteiger partial charge in [-0.2, -0.15) is 0 Å². The molecule has 3 aliphatic rings. The fourth-order valence-electron chi connectivity index (χ4n) is 9.18. The lowest BCUT2D eigenvalue weighted by molar-refractivity contribution is -0.154. The summed E-state index contributed by atoms with van der Waals surface area (Å²) in [6.45, 7) is 7.98. The molecule has 3 aliphatic heterocycles. The molecule has 0 saturated carbocycles. The van der Waals surface area contributed by atoms with Crippen LogP contribution >= 0.6 is 22.9 Å². The maximum atomic E-state index is 14.8. The van der Waals surface area contributed by atoms with Crippen LogP contribution in [-0.2, 0) is 46.9 Å². The molecule has 0 spiro atoms. The highest BCUT2D eigenvalue weighted by atomic mass is 35.5. The molecule has 380 valence electrons. The lowest BCUT2D eigenvalue weighted by atomic mass is 9.94. The van der Waals surface area contributed by atoms with Crippen molar-refractivity contribution in [2.45, 2.75) is 52.6 Å². The van der Waals surface area contributed by atoms with Crippen LogP contribution in [0.1, 0.15) is 39.5 Å². The van der Waals surface area contributed by atoms with Crippen LogP contribution in [0, 0.1) is 19.7 Å². The van der Waals surface area contributed by atoms with E-state index in [9.17, 15) is 18.8 Å². The first-order valence-corrected chi connectivity index (χ1v) is 25.2. The Hall–Kier alpha value is -7.51. The predicted molar refractivity (Wildman–Crippen MR) is 276 cm³/mol. The third kappa shape index (κ3) is 10.9. The second-order valence-electron chi connectivity index (χ2n) is 18.2. The monoisotopic (exact) mass is 1040 g/mol. The molecule has 1 saturated heterocycles. The normalized spacial score (nSPS) is 15.5. The number of halogens is 2. The molecule has 0 radical (unpaired) electrons. The molecule has 74 heavy (non-hydrogen) atoms. The lowest BCUT2D eigenvalue weighted by Gasteiger charge is -2.34. The smallest absolute Gasteiger partial charge is 0.496 e. The van der Waals surface area contributed by atoms with E-state index in [4.69, 9.17) is 44.4 Å². The number of rotatable bonds is 12. The van der Waals surface area contributed by atoms with Gasteiger partial charge < -0.3 is 37.6 Å². The molecule has 16 nitrogen and oxygen atoms in total. The van der Waals surface area contributed by atoms with Crippen LogP contribution in [0.2, 0.25) is 5.02 Å². The number of aromatic nitrogens is 4. The number of nitrogens with zero attached hydrogens (tertiary/aromatic N) is 7. The molecule has 0 aliphatic carbocycles. The van der Waals surface area contributed by atoms with E-state index in [0.717, 1.165) is 42.2 Å². The molecule has 8 aromatic rings. The topological polar surface area (TPSA) is 176 Å². The van der Waals surface area contributed by atoms with Gasteiger partial charge >= 0.3 is 11.8 Å². The molecule has 0 N–H and O–H groups in total. The Balaban J connectivity index is 1.10. The third-order valence-corrected chi connectivity index (χ3v) is 15.0. The van der Waals surface area contributed by atoms with Crippen LogP contribution in [-0.4, -0.2) is 106 Å². The number of ether oxygens (including phenoxy) is 4. The standard InChI is InChI=1S/C55H51ClFN7O9S/c1-32-40-15-12-36(49(32)56)28-64(24-23-63-21-19-62(3)20-22-63)46(65)26-34-9-16-42(69-29-39-17-18-58-51(61-39)41-7-5-6-8-43(41)68-4)37(25-34)27-44(54(66)70-30-45-33(2)71-55(67)73-45)72-52-48-47(40)50(74-53(48)60-31-59-52)35-10-13-38(57)14-11-35/h5-18,25,31,44H,19-24,26-30H2,1-4H3/t44-/m0/s1. The van der Waals surface area contributed by atoms with E-state index < -0.39 is 30.3 Å². The average molecular weight is 1040 g/mol. The van der Waals surface area contributed by atoms with E-state index in [1.807, 2.05) is 60.4 Å². The van der Waals surface area contributed by atoms with E-state index in [2.05, 4.69) is 31.8 Å². The van der Waals surface area contributed by atoms with Crippen LogP contribution in [0.5, 0.6) is 17.4 Å². The predicted octanol–water partition coefficient (Wildman–Crippen LogP) is 8.89.